The number of hydrogen-bond acceptors (Lipinski definition) is 5. The summed E-state index contributed by atoms with van der Waals surface area (Å²) < 4.78 is 1.04. The normalized spacial score (nSPS) is 14.3. The fourth-order valence-electron chi connectivity index (χ4n) is 1.93. The van der Waals surface area contributed by atoms with Crippen molar-refractivity contribution in [1.82, 2.24) is 15.3 Å². The number of hydrogen-bond donors (Lipinski definition) is 3. The summed E-state index contributed by atoms with van der Waals surface area (Å²) in [7, 11) is 0. The third kappa shape index (κ3) is 4.09. The van der Waals surface area contributed by atoms with E-state index in [2.05, 4.69) is 37.3 Å². The molecule has 1 heterocycles. The van der Waals surface area contributed by atoms with Gasteiger partial charge in [0, 0.05) is 28.0 Å². The number of aromatic nitrogens is 2. The third-order valence-corrected chi connectivity index (χ3v) is 4.63. The Morgan fingerprint density at radius 1 is 1.43 bits per heavy atom. The summed E-state index contributed by atoms with van der Waals surface area (Å²) in [5.74, 6) is 0.232. The summed E-state index contributed by atoms with van der Waals surface area (Å²) in [6.07, 6.45) is 2.50. The molecule has 1 aliphatic carbocycles. The van der Waals surface area contributed by atoms with Gasteiger partial charge in [-0.2, -0.15) is 0 Å². The molecule has 1 aromatic carbocycles. The van der Waals surface area contributed by atoms with Gasteiger partial charge in [-0.3, -0.25) is 4.79 Å². The second kappa shape index (κ2) is 6.21. The number of nitrogens with zero attached hydrogens (tertiary/aromatic N) is 1. The first-order valence-corrected chi connectivity index (χ1v) is 8.27. The molecule has 0 bridgehead atoms. The molecule has 1 aromatic heterocycles. The highest BCUT2D eigenvalue weighted by molar-refractivity contribution is 9.10. The van der Waals surface area contributed by atoms with Crippen LogP contribution in [0.1, 0.15) is 18.4 Å². The van der Waals surface area contributed by atoms with Gasteiger partial charge in [0.05, 0.1) is 0 Å². The number of anilines is 1. The molecule has 7 heteroatoms. The fourth-order valence-corrected chi connectivity index (χ4v) is 3.25. The number of benzene rings is 1. The maximum atomic E-state index is 11.5. The van der Waals surface area contributed by atoms with Crippen LogP contribution in [-0.4, -0.2) is 16.0 Å². The van der Waals surface area contributed by atoms with Crippen LogP contribution in [-0.2, 0) is 6.54 Å². The molecule has 21 heavy (non-hydrogen) atoms. The molecule has 0 aliphatic heterocycles. The standard InChI is InChI=1S/C14H15BrN4OS/c15-9-1-4-11(8(5-9)7-17-10-2-3-10)21-14-18-12(16)6-13(20)19-14/h1,4-6,10,17H,2-3,7H2,(H3,16,18,19,20). The zero-order chi connectivity index (χ0) is 14.8. The molecule has 0 spiro atoms. The largest absolute Gasteiger partial charge is 0.383 e. The Morgan fingerprint density at radius 2 is 2.24 bits per heavy atom. The number of nitrogens with two attached hydrogens (primary N) is 1. The smallest absolute Gasteiger partial charge is 0.253 e. The molecular weight excluding hydrogens is 352 g/mol. The van der Waals surface area contributed by atoms with Crippen LogP contribution < -0.4 is 16.6 Å². The lowest BCUT2D eigenvalue weighted by Crippen LogP contribution is -2.16. The van der Waals surface area contributed by atoms with Crippen molar-refractivity contribution in [1.29, 1.82) is 0 Å². The maximum absolute atomic E-state index is 11.5. The molecule has 0 amide bonds. The molecule has 1 saturated carbocycles. The van der Waals surface area contributed by atoms with Crippen LogP contribution >= 0.6 is 27.7 Å². The Bertz CT molecular complexity index is 714. The summed E-state index contributed by atoms with van der Waals surface area (Å²) in [4.78, 5) is 19.4. The molecule has 2 aromatic rings. The van der Waals surface area contributed by atoms with Crippen LogP contribution in [0.2, 0.25) is 0 Å². The number of nitrogen functional groups attached to an aromatic ring is 1. The van der Waals surface area contributed by atoms with E-state index in [1.165, 1.54) is 36.2 Å². The lowest BCUT2D eigenvalue weighted by atomic mass is 10.2. The lowest BCUT2D eigenvalue weighted by molar-refractivity contribution is 0.680. The van der Waals surface area contributed by atoms with E-state index >= 15 is 0 Å². The fraction of sp³-hybridized carbons (Fsp3) is 0.286. The quantitative estimate of drug-likeness (QED) is 0.708. The van der Waals surface area contributed by atoms with Crippen LogP contribution in [0.15, 0.2) is 43.6 Å². The number of nitrogens with one attached hydrogen (secondary N) is 2. The van der Waals surface area contributed by atoms with Crippen LogP contribution in [0.3, 0.4) is 0 Å². The van der Waals surface area contributed by atoms with Crippen molar-refractivity contribution < 1.29 is 0 Å². The molecule has 0 saturated heterocycles. The zero-order valence-electron chi connectivity index (χ0n) is 11.2. The van der Waals surface area contributed by atoms with Gasteiger partial charge in [-0.1, -0.05) is 27.7 Å². The van der Waals surface area contributed by atoms with Crippen molar-refractivity contribution in [3.8, 4) is 0 Å². The minimum atomic E-state index is -0.236. The van der Waals surface area contributed by atoms with Gasteiger partial charge < -0.3 is 16.0 Å². The predicted octanol–water partition coefficient (Wildman–Crippen LogP) is 2.52. The third-order valence-electron chi connectivity index (χ3n) is 3.13. The molecule has 5 nitrogen and oxygen atoms in total. The molecule has 1 aliphatic rings. The minimum Gasteiger partial charge on any atom is -0.383 e. The molecule has 0 unspecified atom stereocenters. The van der Waals surface area contributed by atoms with Crippen LogP contribution in [0.25, 0.3) is 0 Å². The Morgan fingerprint density at radius 3 is 2.95 bits per heavy atom. The average Bonchev–Trinajstić information content (AvgIpc) is 3.22. The van der Waals surface area contributed by atoms with Gasteiger partial charge in [-0.15, -0.1) is 0 Å². The summed E-state index contributed by atoms with van der Waals surface area (Å²) in [5.41, 5.74) is 6.55. The lowest BCUT2D eigenvalue weighted by Gasteiger charge is -2.10. The van der Waals surface area contributed by atoms with Crippen molar-refractivity contribution in [2.45, 2.75) is 35.5 Å². The topological polar surface area (TPSA) is 83.8 Å². The van der Waals surface area contributed by atoms with Gasteiger partial charge in [0.25, 0.3) is 5.56 Å². The number of H-pyrrole nitrogens is 1. The first-order chi connectivity index (χ1) is 10.1. The molecule has 110 valence electrons. The molecule has 3 rings (SSSR count). The Balaban J connectivity index is 1.84. The van der Waals surface area contributed by atoms with Crippen LogP contribution in [0.4, 0.5) is 5.82 Å². The highest BCUT2D eigenvalue weighted by Gasteiger charge is 2.20. The van der Waals surface area contributed by atoms with E-state index in [1.807, 2.05) is 12.1 Å². The van der Waals surface area contributed by atoms with E-state index in [9.17, 15) is 4.79 Å². The van der Waals surface area contributed by atoms with E-state index in [1.54, 1.807) is 0 Å². The van der Waals surface area contributed by atoms with Crippen molar-refractivity contribution in [2.75, 3.05) is 5.73 Å². The highest BCUT2D eigenvalue weighted by atomic mass is 79.9. The number of halogens is 1. The van der Waals surface area contributed by atoms with Gasteiger partial charge in [-0.25, -0.2) is 4.98 Å². The summed E-state index contributed by atoms with van der Waals surface area (Å²) in [6.45, 7) is 0.805. The highest BCUT2D eigenvalue weighted by Crippen LogP contribution is 2.30. The van der Waals surface area contributed by atoms with E-state index in [0.29, 0.717) is 11.2 Å². The SMILES string of the molecule is Nc1cc(=O)[nH]c(Sc2ccc(Br)cc2CNC2CC2)n1. The molecule has 0 radical (unpaired) electrons. The van der Waals surface area contributed by atoms with Gasteiger partial charge in [0.2, 0.25) is 0 Å². The molecule has 4 N–H and O–H groups in total. The zero-order valence-corrected chi connectivity index (χ0v) is 13.6. The van der Waals surface area contributed by atoms with Gasteiger partial charge in [0.15, 0.2) is 5.16 Å². The van der Waals surface area contributed by atoms with E-state index < -0.39 is 0 Å². The van der Waals surface area contributed by atoms with Crippen molar-refractivity contribution >= 4 is 33.5 Å². The van der Waals surface area contributed by atoms with Crippen LogP contribution in [0, 0.1) is 0 Å². The van der Waals surface area contributed by atoms with Crippen molar-refractivity contribution in [2.24, 2.45) is 0 Å². The average molecular weight is 367 g/mol. The summed E-state index contributed by atoms with van der Waals surface area (Å²) in [6, 6.07) is 8.01. The number of rotatable bonds is 5. The van der Waals surface area contributed by atoms with Crippen LogP contribution in [0.5, 0.6) is 0 Å². The summed E-state index contributed by atoms with van der Waals surface area (Å²) >= 11 is 4.91. The molecule has 0 atom stereocenters. The Labute approximate surface area is 134 Å². The van der Waals surface area contributed by atoms with E-state index in [4.69, 9.17) is 5.73 Å². The monoisotopic (exact) mass is 366 g/mol. The maximum Gasteiger partial charge on any atom is 0.253 e. The van der Waals surface area contributed by atoms with E-state index in [0.717, 1.165) is 15.9 Å². The second-order valence-electron chi connectivity index (χ2n) is 4.98. The Kier molecular flexibility index (Phi) is 4.32. The first-order valence-electron chi connectivity index (χ1n) is 6.66. The first kappa shape index (κ1) is 14.6. The second-order valence-corrected chi connectivity index (χ2v) is 6.93. The van der Waals surface area contributed by atoms with Gasteiger partial charge >= 0.3 is 0 Å². The van der Waals surface area contributed by atoms with Crippen molar-refractivity contribution in [3.05, 3.63) is 44.7 Å². The van der Waals surface area contributed by atoms with Gasteiger partial charge in [0.1, 0.15) is 5.82 Å². The van der Waals surface area contributed by atoms with Gasteiger partial charge in [-0.05, 0) is 36.6 Å². The predicted molar refractivity (Wildman–Crippen MR) is 87.4 cm³/mol. The molecule has 1 fully saturated rings. The van der Waals surface area contributed by atoms with Crippen molar-refractivity contribution in [3.63, 3.8) is 0 Å². The Hall–Kier alpha value is -1.31. The number of aromatic amines is 1. The molecular formula is C14H15BrN4OS. The minimum absolute atomic E-state index is 0.232. The summed E-state index contributed by atoms with van der Waals surface area (Å²) in [5, 5.41) is 4.01. The van der Waals surface area contributed by atoms with E-state index in [-0.39, 0.29) is 11.4 Å².